The maximum absolute atomic E-state index is 4.92. The summed E-state index contributed by atoms with van der Waals surface area (Å²) in [5.41, 5.74) is 10.4. The molecule has 0 aliphatic carbocycles. The van der Waals surface area contributed by atoms with Crippen LogP contribution in [0.15, 0.2) is 140 Å². The smallest absolute Gasteiger partial charge is 0.0969 e. The van der Waals surface area contributed by atoms with Crippen LogP contribution in [0.25, 0.3) is 66.2 Å². The molecule has 3 nitrogen and oxygen atoms in total. The lowest BCUT2D eigenvalue weighted by Crippen LogP contribution is -1.95. The van der Waals surface area contributed by atoms with Crippen molar-refractivity contribution in [3.63, 3.8) is 0 Å². The molecule has 8 rings (SSSR count). The minimum Gasteiger partial charge on any atom is -0.309 e. The topological polar surface area (TPSA) is 22.8 Å². The van der Waals surface area contributed by atoms with Crippen LogP contribution in [0, 0.1) is 0 Å². The van der Waals surface area contributed by atoms with Gasteiger partial charge < -0.3 is 9.13 Å². The summed E-state index contributed by atoms with van der Waals surface area (Å²) in [7, 11) is 0. The molecule has 8 aromatic rings. The first-order valence-electron chi connectivity index (χ1n) is 12.9. The van der Waals surface area contributed by atoms with Crippen molar-refractivity contribution in [2.45, 2.75) is 0 Å². The van der Waals surface area contributed by atoms with Crippen LogP contribution < -0.4 is 0 Å². The van der Waals surface area contributed by atoms with Crippen molar-refractivity contribution in [2.75, 3.05) is 0 Å². The van der Waals surface area contributed by atoms with Crippen molar-refractivity contribution in [1.29, 1.82) is 0 Å². The number of nitrogens with zero attached hydrogens (tertiary/aromatic N) is 3. The molecule has 0 aliphatic rings. The van der Waals surface area contributed by atoms with Crippen LogP contribution in [-0.4, -0.2) is 14.1 Å². The third-order valence-electron chi connectivity index (χ3n) is 7.56. The number of pyridine rings is 1. The predicted molar refractivity (Wildman–Crippen MR) is 158 cm³/mol. The second-order valence-electron chi connectivity index (χ2n) is 9.63. The van der Waals surface area contributed by atoms with Gasteiger partial charge >= 0.3 is 0 Å². The van der Waals surface area contributed by atoms with Gasteiger partial charge in [0.2, 0.25) is 0 Å². The van der Waals surface area contributed by atoms with E-state index in [2.05, 4.69) is 137 Å². The molecular weight excluding hydrogens is 462 g/mol. The molecule has 0 N–H and O–H groups in total. The van der Waals surface area contributed by atoms with Crippen molar-refractivity contribution in [3.8, 4) is 22.5 Å². The molecule has 0 unspecified atom stereocenters. The highest BCUT2D eigenvalue weighted by Gasteiger charge is 2.21. The van der Waals surface area contributed by atoms with Crippen molar-refractivity contribution in [3.05, 3.63) is 140 Å². The van der Waals surface area contributed by atoms with E-state index in [1.165, 1.54) is 38.3 Å². The Hall–Kier alpha value is -5.15. The quantitative estimate of drug-likeness (QED) is 0.245. The highest BCUT2D eigenvalue weighted by atomic mass is 15.0. The second kappa shape index (κ2) is 8.19. The van der Waals surface area contributed by atoms with Gasteiger partial charge in [-0.25, -0.2) is 0 Å². The summed E-state index contributed by atoms with van der Waals surface area (Å²) in [6.07, 6.45) is 1.90. The van der Waals surface area contributed by atoms with E-state index in [9.17, 15) is 0 Å². The minimum absolute atomic E-state index is 1.02. The van der Waals surface area contributed by atoms with E-state index in [1.54, 1.807) is 0 Å². The third-order valence-corrected chi connectivity index (χ3v) is 7.56. The maximum Gasteiger partial charge on any atom is 0.0969 e. The summed E-state index contributed by atoms with van der Waals surface area (Å²) in [5.74, 6) is 0. The predicted octanol–water partition coefficient (Wildman–Crippen LogP) is 8.94. The molecule has 3 heterocycles. The number of para-hydroxylation sites is 4. The molecule has 5 aromatic carbocycles. The Morgan fingerprint density at radius 1 is 0.421 bits per heavy atom. The van der Waals surface area contributed by atoms with E-state index >= 15 is 0 Å². The molecule has 0 fully saturated rings. The first kappa shape index (κ1) is 21.0. The molecule has 178 valence electrons. The monoisotopic (exact) mass is 485 g/mol. The van der Waals surface area contributed by atoms with Gasteiger partial charge in [-0.3, -0.25) is 4.98 Å². The van der Waals surface area contributed by atoms with Crippen LogP contribution in [0.4, 0.5) is 0 Å². The standard InChI is InChI=1S/C35H23N3/c1-3-12-24(13-4-1)37-31-21-10-17-27(33(31)34-32(37)22-11-23-36-34)29-19-9-18-28-26-16-7-8-20-30(26)38(35(28)29)25-14-5-2-6-15-25/h1-23H. The van der Waals surface area contributed by atoms with Gasteiger partial charge in [-0.15, -0.1) is 0 Å². The van der Waals surface area contributed by atoms with Gasteiger partial charge in [-0.05, 0) is 54.1 Å². The zero-order chi connectivity index (χ0) is 25.1. The van der Waals surface area contributed by atoms with Gasteiger partial charge in [0.25, 0.3) is 0 Å². The maximum atomic E-state index is 4.92. The Labute approximate surface area is 219 Å². The molecular formula is C35H23N3. The number of benzene rings is 5. The van der Waals surface area contributed by atoms with E-state index in [4.69, 9.17) is 4.98 Å². The Morgan fingerprint density at radius 2 is 1.03 bits per heavy atom. The summed E-state index contributed by atoms with van der Waals surface area (Å²) in [4.78, 5) is 4.92. The van der Waals surface area contributed by atoms with Crippen LogP contribution in [0.1, 0.15) is 0 Å². The number of hydrogen-bond acceptors (Lipinski definition) is 1. The Kier molecular flexibility index (Phi) is 4.52. The molecule has 0 amide bonds. The molecule has 3 aromatic heterocycles. The Bertz CT molecular complexity index is 2120. The van der Waals surface area contributed by atoms with Gasteiger partial charge in [0.1, 0.15) is 0 Å². The van der Waals surface area contributed by atoms with Crippen LogP contribution in [-0.2, 0) is 0 Å². The Balaban J connectivity index is 1.55. The van der Waals surface area contributed by atoms with Crippen molar-refractivity contribution < 1.29 is 0 Å². The molecule has 0 bridgehead atoms. The Morgan fingerprint density at radius 3 is 1.84 bits per heavy atom. The van der Waals surface area contributed by atoms with E-state index in [-0.39, 0.29) is 0 Å². The van der Waals surface area contributed by atoms with Gasteiger partial charge in [-0.2, -0.15) is 0 Å². The summed E-state index contributed by atoms with van der Waals surface area (Å²) >= 11 is 0. The SMILES string of the molecule is c1ccc(-n2c3cccnc3c3c(-c4cccc5c6ccccc6n(-c6ccccc6)c45)cccc32)cc1. The van der Waals surface area contributed by atoms with Gasteiger partial charge in [0.05, 0.1) is 27.6 Å². The summed E-state index contributed by atoms with van der Waals surface area (Å²) < 4.78 is 4.73. The molecule has 0 saturated carbocycles. The van der Waals surface area contributed by atoms with E-state index in [0.29, 0.717) is 0 Å². The summed E-state index contributed by atoms with van der Waals surface area (Å²) in [5, 5.41) is 3.67. The summed E-state index contributed by atoms with van der Waals surface area (Å²) in [6.45, 7) is 0. The summed E-state index contributed by atoms with van der Waals surface area (Å²) in [6, 6.07) is 47.4. The molecule has 38 heavy (non-hydrogen) atoms. The van der Waals surface area contributed by atoms with Crippen LogP contribution >= 0.6 is 0 Å². The van der Waals surface area contributed by atoms with Crippen molar-refractivity contribution >= 4 is 43.7 Å². The fraction of sp³-hybridized carbons (Fsp3) is 0. The minimum atomic E-state index is 1.02. The lowest BCUT2D eigenvalue weighted by atomic mass is 9.98. The first-order chi connectivity index (χ1) is 18.9. The lowest BCUT2D eigenvalue weighted by Gasteiger charge is -2.13. The molecule has 3 heteroatoms. The second-order valence-corrected chi connectivity index (χ2v) is 9.63. The molecule has 0 saturated heterocycles. The average Bonchev–Trinajstić information content (AvgIpc) is 3.51. The van der Waals surface area contributed by atoms with E-state index in [0.717, 1.165) is 27.9 Å². The van der Waals surface area contributed by atoms with Gasteiger partial charge in [0.15, 0.2) is 0 Å². The number of fused-ring (bicyclic) bond motifs is 6. The molecule has 0 aliphatic heterocycles. The molecule has 0 radical (unpaired) electrons. The first-order valence-corrected chi connectivity index (χ1v) is 12.9. The fourth-order valence-electron chi connectivity index (χ4n) is 6.04. The van der Waals surface area contributed by atoms with Crippen LogP contribution in [0.3, 0.4) is 0 Å². The number of rotatable bonds is 3. The van der Waals surface area contributed by atoms with Crippen molar-refractivity contribution in [2.24, 2.45) is 0 Å². The molecule has 0 spiro atoms. The number of hydrogen-bond donors (Lipinski definition) is 0. The fourth-order valence-corrected chi connectivity index (χ4v) is 6.04. The normalized spacial score (nSPS) is 11.7. The third kappa shape index (κ3) is 2.93. The largest absolute Gasteiger partial charge is 0.309 e. The van der Waals surface area contributed by atoms with E-state index < -0.39 is 0 Å². The lowest BCUT2D eigenvalue weighted by molar-refractivity contribution is 1.17. The van der Waals surface area contributed by atoms with Gasteiger partial charge in [0, 0.05) is 39.3 Å². The number of aromatic nitrogens is 3. The van der Waals surface area contributed by atoms with E-state index in [1.807, 2.05) is 12.3 Å². The van der Waals surface area contributed by atoms with Crippen molar-refractivity contribution in [1.82, 2.24) is 14.1 Å². The van der Waals surface area contributed by atoms with Crippen LogP contribution in [0.2, 0.25) is 0 Å². The molecule has 0 atom stereocenters. The average molecular weight is 486 g/mol. The highest BCUT2D eigenvalue weighted by Crippen LogP contribution is 2.42. The zero-order valence-electron chi connectivity index (χ0n) is 20.6. The van der Waals surface area contributed by atoms with Gasteiger partial charge in [-0.1, -0.05) is 84.9 Å². The highest BCUT2D eigenvalue weighted by molar-refractivity contribution is 6.19. The zero-order valence-corrected chi connectivity index (χ0v) is 20.6. The van der Waals surface area contributed by atoms with Crippen LogP contribution in [0.5, 0.6) is 0 Å².